The molecule has 0 aliphatic carbocycles. The summed E-state index contributed by atoms with van der Waals surface area (Å²) in [5, 5.41) is 11.1. The van der Waals surface area contributed by atoms with Crippen LogP contribution in [0, 0.1) is 5.82 Å². The minimum absolute atomic E-state index is 0.117. The van der Waals surface area contributed by atoms with Gasteiger partial charge < -0.3 is 9.84 Å². The molecule has 6 rings (SSSR count). The number of carbonyl (C=O) groups excluding carboxylic acids is 3. The van der Waals surface area contributed by atoms with Crippen molar-refractivity contribution < 1.29 is 23.3 Å². The van der Waals surface area contributed by atoms with Gasteiger partial charge in [0, 0.05) is 17.8 Å². The van der Waals surface area contributed by atoms with Gasteiger partial charge in [0.1, 0.15) is 35.8 Å². The van der Waals surface area contributed by atoms with Gasteiger partial charge in [0.2, 0.25) is 5.91 Å². The fourth-order valence-corrected chi connectivity index (χ4v) is 4.25. The Labute approximate surface area is 219 Å². The van der Waals surface area contributed by atoms with Gasteiger partial charge in [-0.3, -0.25) is 24.0 Å². The van der Waals surface area contributed by atoms with Crippen molar-refractivity contribution in [2.45, 2.75) is 6.54 Å². The molecule has 0 fully saturated rings. The molecule has 4 heterocycles. The summed E-state index contributed by atoms with van der Waals surface area (Å²) in [6.07, 6.45) is 2.85. The first-order valence-corrected chi connectivity index (χ1v) is 11.8. The monoisotopic (exact) mass is 523 g/mol. The maximum absolute atomic E-state index is 14.3. The second kappa shape index (κ2) is 9.74. The average molecular weight is 523 g/mol. The molecule has 0 bridgehead atoms. The predicted octanol–water partition coefficient (Wildman–Crippen LogP) is 3.42. The van der Waals surface area contributed by atoms with Crippen LogP contribution >= 0.6 is 0 Å². The molecule has 3 amide bonds. The molecule has 1 N–H and O–H groups in total. The van der Waals surface area contributed by atoms with Crippen LogP contribution in [0.1, 0.15) is 26.3 Å². The van der Waals surface area contributed by atoms with Gasteiger partial charge in [0.25, 0.3) is 11.8 Å². The first-order chi connectivity index (χ1) is 19.0. The second-order valence-electron chi connectivity index (χ2n) is 8.60. The number of benzene rings is 2. The van der Waals surface area contributed by atoms with Gasteiger partial charge in [-0.1, -0.05) is 35.5 Å². The van der Waals surface area contributed by atoms with E-state index in [1.54, 1.807) is 59.3 Å². The minimum Gasteiger partial charge on any atom is -0.364 e. The van der Waals surface area contributed by atoms with Crippen molar-refractivity contribution in [2.24, 2.45) is 0 Å². The molecule has 0 radical (unpaired) electrons. The van der Waals surface area contributed by atoms with Crippen molar-refractivity contribution in [3.05, 3.63) is 102 Å². The minimum atomic E-state index is -0.609. The van der Waals surface area contributed by atoms with E-state index < -0.39 is 24.3 Å². The van der Waals surface area contributed by atoms with Gasteiger partial charge in [0.05, 0.1) is 23.4 Å². The predicted molar refractivity (Wildman–Crippen MR) is 135 cm³/mol. The highest BCUT2D eigenvalue weighted by atomic mass is 19.1. The maximum atomic E-state index is 14.3. The molecular weight excluding hydrogens is 505 g/mol. The topological polar surface area (TPSA) is 136 Å². The molecule has 0 spiro atoms. The van der Waals surface area contributed by atoms with Gasteiger partial charge >= 0.3 is 0 Å². The molecule has 0 saturated heterocycles. The van der Waals surface area contributed by atoms with Crippen LogP contribution in [0.4, 0.5) is 10.2 Å². The van der Waals surface area contributed by atoms with Crippen LogP contribution in [0.15, 0.2) is 83.7 Å². The maximum Gasteiger partial charge on any atom is 0.262 e. The molecule has 1 aliphatic heterocycles. The summed E-state index contributed by atoms with van der Waals surface area (Å²) in [7, 11) is 0. The molecule has 39 heavy (non-hydrogen) atoms. The van der Waals surface area contributed by atoms with Crippen LogP contribution in [-0.2, 0) is 11.3 Å². The summed E-state index contributed by atoms with van der Waals surface area (Å²) in [6, 6.07) is 17.6. The zero-order valence-corrected chi connectivity index (χ0v) is 20.1. The fraction of sp³-hybridized carbons (Fsp3) is 0.0741. The van der Waals surface area contributed by atoms with Gasteiger partial charge in [-0.05, 0) is 30.3 Å². The molecule has 0 unspecified atom stereocenters. The number of halogens is 1. The van der Waals surface area contributed by atoms with E-state index in [0.717, 1.165) is 4.90 Å². The van der Waals surface area contributed by atoms with Gasteiger partial charge in [-0.25, -0.2) is 14.4 Å². The number of imide groups is 1. The number of amides is 3. The quantitative estimate of drug-likeness (QED) is 0.321. The summed E-state index contributed by atoms with van der Waals surface area (Å²) in [6.45, 7) is -0.356. The Morgan fingerprint density at radius 1 is 0.949 bits per heavy atom. The number of fused-ring (bicyclic) bond motifs is 1. The number of nitrogens with zero attached hydrogens (tertiary/aromatic N) is 6. The standard InChI is InChI=1S/C27H18FN7O4/c28-19-8-4-1-5-16(19)14-35-22(20-10-12-39-33-20)13-21(32-35)25-29-11-9-23(31-25)30-24(36)15-34-26(37)17-6-2-3-7-18(17)27(34)38/h1-13H,14-15H2,(H,29,30,31,36). The zero-order valence-electron chi connectivity index (χ0n) is 20.1. The third-order valence-electron chi connectivity index (χ3n) is 6.09. The Morgan fingerprint density at radius 3 is 2.41 bits per heavy atom. The van der Waals surface area contributed by atoms with Gasteiger partial charge in [0.15, 0.2) is 5.82 Å². The third kappa shape index (κ3) is 4.55. The van der Waals surface area contributed by atoms with E-state index in [9.17, 15) is 18.8 Å². The van der Waals surface area contributed by atoms with Crippen LogP contribution in [-0.4, -0.2) is 54.1 Å². The molecule has 12 heteroatoms. The van der Waals surface area contributed by atoms with Crippen molar-refractivity contribution in [3.8, 4) is 22.9 Å². The van der Waals surface area contributed by atoms with Crippen molar-refractivity contribution >= 4 is 23.5 Å². The lowest BCUT2D eigenvalue weighted by atomic mass is 10.1. The summed E-state index contributed by atoms with van der Waals surface area (Å²) < 4.78 is 20.9. The molecule has 1 aliphatic rings. The van der Waals surface area contributed by atoms with Crippen molar-refractivity contribution in [1.29, 1.82) is 0 Å². The van der Waals surface area contributed by atoms with E-state index in [0.29, 0.717) is 22.6 Å². The highest BCUT2D eigenvalue weighted by Crippen LogP contribution is 2.26. The van der Waals surface area contributed by atoms with E-state index in [4.69, 9.17) is 4.52 Å². The Hall–Kier alpha value is -5.52. The number of aromatic nitrogens is 5. The van der Waals surface area contributed by atoms with Crippen LogP contribution in [0.25, 0.3) is 22.9 Å². The van der Waals surface area contributed by atoms with Crippen LogP contribution in [0.3, 0.4) is 0 Å². The highest BCUT2D eigenvalue weighted by molar-refractivity contribution is 6.22. The smallest absolute Gasteiger partial charge is 0.262 e. The Bertz CT molecular complexity index is 1700. The second-order valence-corrected chi connectivity index (χ2v) is 8.60. The number of rotatable bonds is 7. The van der Waals surface area contributed by atoms with Crippen molar-refractivity contribution in [2.75, 3.05) is 11.9 Å². The Kier molecular flexibility index (Phi) is 5.96. The lowest BCUT2D eigenvalue weighted by Crippen LogP contribution is -2.37. The van der Waals surface area contributed by atoms with E-state index in [1.807, 2.05) is 0 Å². The number of anilines is 1. The van der Waals surface area contributed by atoms with Gasteiger partial charge in [-0.2, -0.15) is 5.10 Å². The molecule has 0 atom stereocenters. The van der Waals surface area contributed by atoms with Crippen molar-refractivity contribution in [1.82, 2.24) is 29.8 Å². The number of hydrogen-bond acceptors (Lipinski definition) is 8. The molecular formula is C27H18FN7O4. The van der Waals surface area contributed by atoms with Crippen LogP contribution in [0.5, 0.6) is 0 Å². The third-order valence-corrected chi connectivity index (χ3v) is 6.09. The van der Waals surface area contributed by atoms with E-state index in [2.05, 4.69) is 25.5 Å². The molecule has 0 saturated carbocycles. The van der Waals surface area contributed by atoms with Crippen LogP contribution in [0.2, 0.25) is 0 Å². The Balaban J connectivity index is 1.23. The first-order valence-electron chi connectivity index (χ1n) is 11.8. The van der Waals surface area contributed by atoms with E-state index in [-0.39, 0.29) is 35.1 Å². The summed E-state index contributed by atoms with van der Waals surface area (Å²) >= 11 is 0. The lowest BCUT2D eigenvalue weighted by Gasteiger charge is -2.13. The summed E-state index contributed by atoms with van der Waals surface area (Å²) in [5.74, 6) is -1.72. The lowest BCUT2D eigenvalue weighted by molar-refractivity contribution is -0.116. The van der Waals surface area contributed by atoms with E-state index >= 15 is 0 Å². The average Bonchev–Trinajstić information content (AvgIpc) is 3.67. The number of hydrogen-bond donors (Lipinski definition) is 1. The fourth-order valence-electron chi connectivity index (χ4n) is 4.25. The highest BCUT2D eigenvalue weighted by Gasteiger charge is 2.36. The largest absolute Gasteiger partial charge is 0.364 e. The van der Waals surface area contributed by atoms with E-state index in [1.165, 1.54) is 24.6 Å². The zero-order chi connectivity index (χ0) is 26.9. The van der Waals surface area contributed by atoms with Crippen molar-refractivity contribution in [3.63, 3.8) is 0 Å². The number of nitrogens with one attached hydrogen (secondary N) is 1. The van der Waals surface area contributed by atoms with Crippen LogP contribution < -0.4 is 5.32 Å². The molecule has 2 aromatic carbocycles. The molecule has 192 valence electrons. The summed E-state index contributed by atoms with van der Waals surface area (Å²) in [4.78, 5) is 47.4. The normalized spacial score (nSPS) is 12.6. The molecule has 11 nitrogen and oxygen atoms in total. The summed E-state index contributed by atoms with van der Waals surface area (Å²) in [5.41, 5.74) is 2.32. The Morgan fingerprint density at radius 2 is 1.69 bits per heavy atom. The first kappa shape index (κ1) is 23.9. The number of carbonyl (C=O) groups is 3. The van der Waals surface area contributed by atoms with Gasteiger partial charge in [-0.15, -0.1) is 0 Å². The molecule has 3 aromatic heterocycles. The molecule has 5 aromatic rings. The SMILES string of the molecule is O=C(CN1C(=O)c2ccccc2C1=O)Nc1ccnc(-c2cc(-c3ccon3)n(Cc3ccccc3F)n2)n1.